The fourth-order valence-electron chi connectivity index (χ4n) is 1.58. The molecule has 0 aromatic heterocycles. The molecule has 3 nitrogen and oxygen atoms in total. The Hall–Kier alpha value is -1.82. The van der Waals surface area contributed by atoms with Crippen LogP contribution in [0.5, 0.6) is 0 Å². The van der Waals surface area contributed by atoms with Gasteiger partial charge < -0.3 is 10.2 Å². The summed E-state index contributed by atoms with van der Waals surface area (Å²) in [5.41, 5.74) is -2.11. The molecule has 0 aliphatic rings. The standard InChI is InChI=1S/C13H13F3O3/c1-12(11(18)19,7-2-8-17)9-3-5-10(6-4-9)13(14,15)16/h2-7,17H,8H2,1H3,(H,18,19)/b7-2+. The number of hydrogen-bond acceptors (Lipinski definition) is 2. The Kier molecular flexibility index (Phi) is 4.36. The summed E-state index contributed by atoms with van der Waals surface area (Å²) < 4.78 is 37.2. The van der Waals surface area contributed by atoms with Gasteiger partial charge in [0.05, 0.1) is 12.2 Å². The molecular formula is C13H13F3O3. The number of benzene rings is 1. The molecule has 0 saturated carbocycles. The quantitative estimate of drug-likeness (QED) is 0.830. The fraction of sp³-hybridized carbons (Fsp3) is 0.308. The van der Waals surface area contributed by atoms with Crippen molar-refractivity contribution in [2.24, 2.45) is 0 Å². The van der Waals surface area contributed by atoms with Crippen LogP contribution in [-0.4, -0.2) is 22.8 Å². The van der Waals surface area contributed by atoms with Gasteiger partial charge in [-0.3, -0.25) is 4.79 Å². The largest absolute Gasteiger partial charge is 0.480 e. The second-order valence-electron chi connectivity index (χ2n) is 4.17. The molecule has 0 aliphatic carbocycles. The summed E-state index contributed by atoms with van der Waals surface area (Å²) in [6.45, 7) is 1.01. The number of halogens is 3. The van der Waals surface area contributed by atoms with Gasteiger partial charge in [0.25, 0.3) is 0 Å². The van der Waals surface area contributed by atoms with Gasteiger partial charge in [-0.2, -0.15) is 13.2 Å². The number of alkyl halides is 3. The van der Waals surface area contributed by atoms with Gasteiger partial charge in [-0.05, 0) is 24.6 Å². The number of aliphatic hydroxyl groups is 1. The third-order valence-electron chi connectivity index (χ3n) is 2.81. The van der Waals surface area contributed by atoms with E-state index >= 15 is 0 Å². The molecule has 1 aromatic carbocycles. The highest BCUT2D eigenvalue weighted by atomic mass is 19.4. The van der Waals surface area contributed by atoms with Gasteiger partial charge in [0.1, 0.15) is 5.41 Å². The summed E-state index contributed by atoms with van der Waals surface area (Å²) in [4.78, 5) is 11.3. The minimum atomic E-state index is -4.46. The lowest BCUT2D eigenvalue weighted by Crippen LogP contribution is -2.30. The lowest BCUT2D eigenvalue weighted by atomic mass is 9.82. The highest BCUT2D eigenvalue weighted by Gasteiger charge is 2.34. The molecule has 0 spiro atoms. The van der Waals surface area contributed by atoms with Crippen molar-refractivity contribution in [1.82, 2.24) is 0 Å². The van der Waals surface area contributed by atoms with E-state index in [4.69, 9.17) is 5.11 Å². The molecule has 2 N–H and O–H groups in total. The first-order chi connectivity index (χ1) is 8.71. The zero-order chi connectivity index (χ0) is 14.7. The molecule has 19 heavy (non-hydrogen) atoms. The van der Waals surface area contributed by atoms with Gasteiger partial charge in [0.2, 0.25) is 0 Å². The Morgan fingerprint density at radius 3 is 2.05 bits per heavy atom. The summed E-state index contributed by atoms with van der Waals surface area (Å²) in [5.74, 6) is -1.21. The molecular weight excluding hydrogens is 261 g/mol. The van der Waals surface area contributed by atoms with Crippen LogP contribution < -0.4 is 0 Å². The van der Waals surface area contributed by atoms with Crippen molar-refractivity contribution in [3.63, 3.8) is 0 Å². The van der Waals surface area contributed by atoms with E-state index in [9.17, 15) is 23.1 Å². The zero-order valence-corrected chi connectivity index (χ0v) is 10.1. The summed E-state index contributed by atoms with van der Waals surface area (Å²) in [5, 5.41) is 17.9. The zero-order valence-electron chi connectivity index (χ0n) is 10.1. The third-order valence-corrected chi connectivity index (χ3v) is 2.81. The van der Waals surface area contributed by atoms with E-state index in [1.807, 2.05) is 0 Å². The molecule has 1 unspecified atom stereocenters. The Morgan fingerprint density at radius 2 is 1.68 bits per heavy atom. The average Bonchev–Trinajstić information content (AvgIpc) is 2.34. The van der Waals surface area contributed by atoms with Gasteiger partial charge in [0, 0.05) is 0 Å². The number of aliphatic hydroxyl groups excluding tert-OH is 1. The summed E-state index contributed by atoms with van der Waals surface area (Å²) in [6.07, 6.45) is -1.97. The maximum Gasteiger partial charge on any atom is 0.416 e. The summed E-state index contributed by atoms with van der Waals surface area (Å²) in [6, 6.07) is 3.92. The minimum Gasteiger partial charge on any atom is -0.480 e. The van der Waals surface area contributed by atoms with Crippen molar-refractivity contribution in [1.29, 1.82) is 0 Å². The maximum atomic E-state index is 12.4. The van der Waals surface area contributed by atoms with Crippen molar-refractivity contribution in [3.8, 4) is 0 Å². The number of rotatable bonds is 4. The molecule has 0 aliphatic heterocycles. The smallest absolute Gasteiger partial charge is 0.416 e. The van der Waals surface area contributed by atoms with E-state index in [0.29, 0.717) is 0 Å². The normalized spacial score (nSPS) is 15.4. The molecule has 0 heterocycles. The fourth-order valence-corrected chi connectivity index (χ4v) is 1.58. The Morgan fingerprint density at radius 1 is 1.21 bits per heavy atom. The van der Waals surface area contributed by atoms with Gasteiger partial charge >= 0.3 is 12.1 Å². The molecule has 0 fully saturated rings. The van der Waals surface area contributed by atoms with Crippen molar-refractivity contribution >= 4 is 5.97 Å². The molecule has 0 amide bonds. The Balaban J connectivity index is 3.19. The average molecular weight is 274 g/mol. The van der Waals surface area contributed by atoms with Crippen molar-refractivity contribution < 1.29 is 28.2 Å². The van der Waals surface area contributed by atoms with E-state index in [-0.39, 0.29) is 12.2 Å². The molecule has 1 rings (SSSR count). The number of carboxylic acids is 1. The van der Waals surface area contributed by atoms with E-state index in [1.165, 1.54) is 19.1 Å². The number of hydrogen-bond donors (Lipinski definition) is 2. The predicted octanol–water partition coefficient (Wildman–Crippen LogP) is 2.60. The van der Waals surface area contributed by atoms with Gasteiger partial charge in [-0.15, -0.1) is 0 Å². The molecule has 1 atom stereocenters. The van der Waals surface area contributed by atoms with Crippen LogP contribution in [0, 0.1) is 0 Å². The molecule has 0 radical (unpaired) electrons. The van der Waals surface area contributed by atoms with Gasteiger partial charge in [0.15, 0.2) is 0 Å². The second kappa shape index (κ2) is 5.44. The van der Waals surface area contributed by atoms with Crippen LogP contribution in [0.2, 0.25) is 0 Å². The molecule has 1 aromatic rings. The van der Waals surface area contributed by atoms with Gasteiger partial charge in [-0.25, -0.2) is 0 Å². The van der Waals surface area contributed by atoms with Crippen LogP contribution in [0.15, 0.2) is 36.4 Å². The number of carbonyl (C=O) groups is 1. The molecule has 0 saturated heterocycles. The van der Waals surface area contributed by atoms with E-state index in [2.05, 4.69) is 0 Å². The first kappa shape index (κ1) is 15.2. The van der Waals surface area contributed by atoms with Crippen molar-refractivity contribution in [2.45, 2.75) is 18.5 Å². The third kappa shape index (κ3) is 3.35. The first-order valence-electron chi connectivity index (χ1n) is 5.41. The van der Waals surface area contributed by atoms with E-state index < -0.39 is 23.1 Å². The predicted molar refractivity (Wildman–Crippen MR) is 62.7 cm³/mol. The second-order valence-corrected chi connectivity index (χ2v) is 4.17. The van der Waals surface area contributed by atoms with Crippen LogP contribution in [0.1, 0.15) is 18.1 Å². The molecule has 6 heteroatoms. The van der Waals surface area contributed by atoms with Crippen molar-refractivity contribution in [3.05, 3.63) is 47.5 Å². The summed E-state index contributed by atoms with van der Waals surface area (Å²) >= 11 is 0. The van der Waals surface area contributed by atoms with E-state index in [0.717, 1.165) is 24.3 Å². The summed E-state index contributed by atoms with van der Waals surface area (Å²) in [7, 11) is 0. The highest BCUT2D eigenvalue weighted by molar-refractivity contribution is 5.83. The van der Waals surface area contributed by atoms with Crippen LogP contribution in [0.25, 0.3) is 0 Å². The Bertz CT molecular complexity index is 477. The lowest BCUT2D eigenvalue weighted by molar-refractivity contribution is -0.141. The van der Waals surface area contributed by atoms with Crippen LogP contribution in [0.3, 0.4) is 0 Å². The number of aliphatic carboxylic acids is 1. The lowest BCUT2D eigenvalue weighted by Gasteiger charge is -2.22. The van der Waals surface area contributed by atoms with E-state index in [1.54, 1.807) is 0 Å². The van der Waals surface area contributed by atoms with Crippen LogP contribution >= 0.6 is 0 Å². The maximum absolute atomic E-state index is 12.4. The van der Waals surface area contributed by atoms with Crippen LogP contribution in [-0.2, 0) is 16.4 Å². The molecule has 104 valence electrons. The Labute approximate surface area is 108 Å². The first-order valence-corrected chi connectivity index (χ1v) is 5.41. The molecule has 0 bridgehead atoms. The number of carboxylic acid groups (broad SMARTS) is 1. The van der Waals surface area contributed by atoms with Crippen LogP contribution in [0.4, 0.5) is 13.2 Å². The monoisotopic (exact) mass is 274 g/mol. The SMILES string of the molecule is CC(/C=C/CO)(C(=O)O)c1ccc(C(F)(F)F)cc1. The topological polar surface area (TPSA) is 57.5 Å². The minimum absolute atomic E-state index is 0.206. The van der Waals surface area contributed by atoms with Crippen molar-refractivity contribution in [2.75, 3.05) is 6.61 Å². The van der Waals surface area contributed by atoms with Gasteiger partial charge in [-0.1, -0.05) is 24.3 Å². The highest BCUT2D eigenvalue weighted by Crippen LogP contribution is 2.32.